The lowest BCUT2D eigenvalue weighted by molar-refractivity contribution is -0.122. The zero-order valence-electron chi connectivity index (χ0n) is 17.2. The van der Waals surface area contributed by atoms with Gasteiger partial charge in [-0.25, -0.2) is 0 Å². The lowest BCUT2D eigenvalue weighted by Gasteiger charge is -2.32. The first kappa shape index (κ1) is 22.9. The van der Waals surface area contributed by atoms with Crippen molar-refractivity contribution >= 4 is 14.0 Å². The van der Waals surface area contributed by atoms with Gasteiger partial charge in [0.15, 0.2) is 5.78 Å². The van der Waals surface area contributed by atoms with Crippen molar-refractivity contribution < 1.29 is 23.9 Å². The summed E-state index contributed by atoms with van der Waals surface area (Å²) in [6.07, 6.45) is 0.181. The van der Waals surface area contributed by atoms with Crippen molar-refractivity contribution in [3.63, 3.8) is 0 Å². The lowest BCUT2D eigenvalue weighted by Crippen LogP contribution is -2.26. The predicted molar refractivity (Wildman–Crippen MR) is 105 cm³/mol. The number of carbonyl (C=O) groups is 1. The molecule has 2 N–H and O–H groups in total. The highest BCUT2D eigenvalue weighted by atomic mass is 31.1. The van der Waals surface area contributed by atoms with E-state index >= 15 is 0 Å². The van der Waals surface area contributed by atoms with E-state index in [1.54, 1.807) is 0 Å². The summed E-state index contributed by atoms with van der Waals surface area (Å²) in [5, 5.41) is 10.8. The van der Waals surface area contributed by atoms with Crippen LogP contribution in [0.25, 0.3) is 0 Å². The van der Waals surface area contributed by atoms with E-state index in [4.69, 9.17) is 4.89 Å². The van der Waals surface area contributed by atoms with Crippen LogP contribution in [0.2, 0.25) is 0 Å². The van der Waals surface area contributed by atoms with E-state index in [2.05, 4.69) is 4.52 Å². The molecule has 0 aliphatic rings. The van der Waals surface area contributed by atoms with Crippen molar-refractivity contribution in [2.24, 2.45) is 0 Å². The van der Waals surface area contributed by atoms with Crippen LogP contribution in [-0.4, -0.2) is 22.4 Å². The first-order valence-corrected chi connectivity index (χ1v) is 10.1. The zero-order chi connectivity index (χ0) is 20.5. The average molecular weight is 384 g/mol. The van der Waals surface area contributed by atoms with Gasteiger partial charge in [0.2, 0.25) is 0 Å². The molecule has 0 bridgehead atoms. The van der Waals surface area contributed by atoms with Crippen LogP contribution in [0.1, 0.15) is 78.5 Å². The monoisotopic (exact) mass is 384 g/mol. The third kappa shape index (κ3) is 5.94. The highest BCUT2D eigenvalue weighted by molar-refractivity contribution is 7.32. The number of hydrogen-bond donors (Lipinski definition) is 2. The van der Waals surface area contributed by atoms with Crippen molar-refractivity contribution in [2.75, 3.05) is 6.61 Å². The number of benzene rings is 1. The van der Waals surface area contributed by atoms with Gasteiger partial charge in [-0.2, -0.15) is 0 Å². The third-order valence-corrected chi connectivity index (χ3v) is 4.89. The SMILES string of the molecule is CC(C)(C)c1cc(C(C)(C)CC(=O)CO[PH](=O)O)cc(C(C)(C)C)c1O. The van der Waals surface area contributed by atoms with E-state index < -0.39 is 13.7 Å². The minimum atomic E-state index is -3.11. The molecule has 26 heavy (non-hydrogen) atoms. The fraction of sp³-hybridized carbons (Fsp3) is 0.650. The van der Waals surface area contributed by atoms with E-state index in [-0.39, 0.29) is 29.6 Å². The molecule has 0 aliphatic heterocycles. The van der Waals surface area contributed by atoms with Crippen molar-refractivity contribution in [2.45, 2.75) is 78.1 Å². The van der Waals surface area contributed by atoms with E-state index in [1.165, 1.54) is 0 Å². The van der Waals surface area contributed by atoms with Crippen LogP contribution in [0.5, 0.6) is 5.75 Å². The van der Waals surface area contributed by atoms with Gasteiger partial charge in [0.1, 0.15) is 12.4 Å². The second-order valence-electron chi connectivity index (χ2n) is 9.57. The first-order valence-electron chi connectivity index (χ1n) is 8.81. The molecule has 0 saturated heterocycles. The summed E-state index contributed by atoms with van der Waals surface area (Å²) in [7, 11) is -3.11. The Balaban J connectivity index is 3.38. The molecule has 1 unspecified atom stereocenters. The molecule has 0 aliphatic carbocycles. The van der Waals surface area contributed by atoms with Gasteiger partial charge in [0.05, 0.1) is 0 Å². The molecular weight excluding hydrogens is 351 g/mol. The predicted octanol–water partition coefficient (Wildman–Crippen LogP) is 4.62. The smallest absolute Gasteiger partial charge is 0.317 e. The highest BCUT2D eigenvalue weighted by Crippen LogP contribution is 2.42. The maximum atomic E-state index is 12.2. The van der Waals surface area contributed by atoms with Gasteiger partial charge in [-0.15, -0.1) is 0 Å². The summed E-state index contributed by atoms with van der Waals surface area (Å²) in [4.78, 5) is 20.9. The molecule has 0 aromatic heterocycles. The molecule has 0 amide bonds. The number of ketones is 1. The Labute approximate surface area is 157 Å². The Kier molecular flexibility index (Phi) is 6.90. The number of phenolic OH excluding ortho intramolecular Hbond substituents is 1. The third-order valence-electron chi connectivity index (χ3n) is 4.50. The van der Waals surface area contributed by atoms with Crippen molar-refractivity contribution in [1.29, 1.82) is 0 Å². The van der Waals surface area contributed by atoms with Crippen LogP contribution in [-0.2, 0) is 30.1 Å². The molecule has 0 heterocycles. The van der Waals surface area contributed by atoms with Crippen LogP contribution in [0.15, 0.2) is 12.1 Å². The topological polar surface area (TPSA) is 83.8 Å². The first-order chi connectivity index (χ1) is 11.6. The van der Waals surface area contributed by atoms with E-state index in [0.717, 1.165) is 16.7 Å². The number of phenols is 1. The maximum absolute atomic E-state index is 12.2. The molecule has 5 nitrogen and oxygen atoms in total. The van der Waals surface area contributed by atoms with Crippen LogP contribution >= 0.6 is 8.25 Å². The summed E-state index contributed by atoms with van der Waals surface area (Å²) < 4.78 is 15.2. The second kappa shape index (κ2) is 7.84. The number of carbonyl (C=O) groups excluding carboxylic acids is 1. The second-order valence-corrected chi connectivity index (χ2v) is 10.4. The summed E-state index contributed by atoms with van der Waals surface area (Å²) in [6, 6.07) is 3.93. The Hall–Kier alpha value is -1.16. The molecule has 1 aromatic rings. The molecule has 1 atom stereocenters. The molecule has 0 fully saturated rings. The van der Waals surface area contributed by atoms with Gasteiger partial charge in [-0.1, -0.05) is 67.5 Å². The zero-order valence-corrected chi connectivity index (χ0v) is 18.2. The Morgan fingerprint density at radius 1 is 1.00 bits per heavy atom. The van der Waals surface area contributed by atoms with Crippen molar-refractivity contribution in [3.8, 4) is 5.75 Å². The Morgan fingerprint density at radius 3 is 1.77 bits per heavy atom. The van der Waals surface area contributed by atoms with E-state index in [0.29, 0.717) is 5.75 Å². The number of hydrogen-bond acceptors (Lipinski definition) is 4. The van der Waals surface area contributed by atoms with Gasteiger partial charge in [0, 0.05) is 6.42 Å². The van der Waals surface area contributed by atoms with E-state index in [1.807, 2.05) is 67.5 Å². The highest BCUT2D eigenvalue weighted by Gasteiger charge is 2.31. The number of Topliss-reactive ketones (excluding diaryl/α,β-unsaturated/α-hetero) is 1. The summed E-state index contributed by atoms with van der Waals surface area (Å²) in [5.41, 5.74) is 1.64. The van der Waals surface area contributed by atoms with Gasteiger partial charge >= 0.3 is 8.25 Å². The van der Waals surface area contributed by atoms with Crippen LogP contribution < -0.4 is 0 Å². The minimum absolute atomic E-state index is 0.181. The van der Waals surface area contributed by atoms with Gasteiger partial charge < -0.3 is 14.5 Å². The largest absolute Gasteiger partial charge is 0.507 e. The van der Waals surface area contributed by atoms with Crippen molar-refractivity contribution in [3.05, 3.63) is 28.8 Å². The van der Waals surface area contributed by atoms with Crippen LogP contribution in [0.4, 0.5) is 0 Å². The standard InChI is InChI=1S/C20H33O5P/c1-18(2,3)15-9-13(10-16(17(15)22)19(4,5)6)20(7,8)11-14(21)12-25-26(23)24/h9-10,22,26H,11-12H2,1-8H3,(H,23,24). The summed E-state index contributed by atoms with van der Waals surface area (Å²) >= 11 is 0. The van der Waals surface area contributed by atoms with Gasteiger partial charge in [-0.3, -0.25) is 9.36 Å². The lowest BCUT2D eigenvalue weighted by atomic mass is 9.73. The quantitative estimate of drug-likeness (QED) is 0.699. The van der Waals surface area contributed by atoms with E-state index in [9.17, 15) is 14.5 Å². The normalized spacial score (nSPS) is 14.3. The molecule has 0 radical (unpaired) electrons. The Bertz CT molecular complexity index is 658. The number of rotatable bonds is 6. The molecular formula is C20H33O5P. The minimum Gasteiger partial charge on any atom is -0.507 e. The van der Waals surface area contributed by atoms with Gasteiger partial charge in [0.25, 0.3) is 0 Å². The van der Waals surface area contributed by atoms with Crippen LogP contribution in [0.3, 0.4) is 0 Å². The fourth-order valence-corrected chi connectivity index (χ4v) is 3.24. The molecule has 6 heteroatoms. The summed E-state index contributed by atoms with van der Waals surface area (Å²) in [5.74, 6) is 0.0724. The Morgan fingerprint density at radius 2 is 1.42 bits per heavy atom. The fourth-order valence-electron chi connectivity index (χ4n) is 2.96. The molecule has 1 rings (SSSR count). The molecule has 148 valence electrons. The molecule has 0 spiro atoms. The van der Waals surface area contributed by atoms with Crippen molar-refractivity contribution in [1.82, 2.24) is 0 Å². The van der Waals surface area contributed by atoms with Crippen LogP contribution in [0, 0.1) is 0 Å². The number of aromatic hydroxyl groups is 1. The average Bonchev–Trinajstić information content (AvgIpc) is 2.42. The maximum Gasteiger partial charge on any atom is 0.317 e. The molecule has 1 aromatic carbocycles. The molecule has 0 saturated carbocycles. The summed E-state index contributed by atoms with van der Waals surface area (Å²) in [6.45, 7) is 15.8. The van der Waals surface area contributed by atoms with Gasteiger partial charge in [-0.05, 0) is 32.9 Å².